The molecule has 0 saturated carbocycles. The lowest BCUT2D eigenvalue weighted by Crippen LogP contribution is -1.99. The quantitative estimate of drug-likeness (QED) is 0.578. The van der Waals surface area contributed by atoms with Gasteiger partial charge in [-0.3, -0.25) is 5.10 Å². The molecule has 2 aromatic rings. The van der Waals surface area contributed by atoms with Crippen LogP contribution in [0.25, 0.3) is 6.08 Å². The summed E-state index contributed by atoms with van der Waals surface area (Å²) in [5.41, 5.74) is 0.535. The number of rotatable bonds is 7. The molecular formula is C15H17N3O5S. The van der Waals surface area contributed by atoms with Crippen molar-refractivity contribution in [2.45, 2.75) is 12.1 Å². The number of benzene rings is 1. The number of aromatic nitrogens is 3. The van der Waals surface area contributed by atoms with E-state index >= 15 is 0 Å². The summed E-state index contributed by atoms with van der Waals surface area (Å²) < 4.78 is 15.8. The number of carboxylic acid groups (broad SMARTS) is 1. The van der Waals surface area contributed by atoms with E-state index in [0.29, 0.717) is 33.8 Å². The molecular weight excluding hydrogens is 334 g/mol. The largest absolute Gasteiger partial charge is 0.496 e. The van der Waals surface area contributed by atoms with E-state index in [1.165, 1.54) is 27.4 Å². The van der Waals surface area contributed by atoms with Gasteiger partial charge >= 0.3 is 5.97 Å². The SMILES string of the molecule is COc1cc(OC)c(OC)cc1/C=C(\Sc1n[nH]c(C)n1)C(=O)O. The molecule has 0 fully saturated rings. The van der Waals surface area contributed by atoms with Crippen LogP contribution >= 0.6 is 11.8 Å². The van der Waals surface area contributed by atoms with Gasteiger partial charge in [0, 0.05) is 11.6 Å². The number of hydrogen-bond donors (Lipinski definition) is 2. The Morgan fingerprint density at radius 3 is 2.29 bits per heavy atom. The van der Waals surface area contributed by atoms with Crippen molar-refractivity contribution in [1.29, 1.82) is 0 Å². The van der Waals surface area contributed by atoms with Gasteiger partial charge in [0.1, 0.15) is 16.5 Å². The summed E-state index contributed by atoms with van der Waals surface area (Å²) in [7, 11) is 4.50. The summed E-state index contributed by atoms with van der Waals surface area (Å²) in [6.07, 6.45) is 1.47. The summed E-state index contributed by atoms with van der Waals surface area (Å²) in [6.45, 7) is 1.73. The van der Waals surface area contributed by atoms with Crippen LogP contribution in [0.2, 0.25) is 0 Å². The molecule has 0 amide bonds. The summed E-state index contributed by atoms with van der Waals surface area (Å²) in [5.74, 6) is 0.914. The highest BCUT2D eigenvalue weighted by molar-refractivity contribution is 8.04. The van der Waals surface area contributed by atoms with Gasteiger partial charge in [0.25, 0.3) is 0 Å². The van der Waals surface area contributed by atoms with Gasteiger partial charge in [-0.1, -0.05) is 0 Å². The first-order valence-corrected chi connectivity index (χ1v) is 7.62. The molecule has 0 unspecified atom stereocenters. The van der Waals surface area contributed by atoms with Crippen molar-refractivity contribution >= 4 is 23.8 Å². The molecule has 0 atom stereocenters. The van der Waals surface area contributed by atoms with Gasteiger partial charge in [-0.05, 0) is 30.8 Å². The molecule has 128 valence electrons. The first-order chi connectivity index (χ1) is 11.5. The minimum absolute atomic E-state index is 0.0412. The smallest absolute Gasteiger partial charge is 0.342 e. The molecule has 0 aliphatic rings. The van der Waals surface area contributed by atoms with E-state index in [9.17, 15) is 9.90 Å². The number of H-pyrrole nitrogens is 1. The number of carboxylic acids is 1. The van der Waals surface area contributed by atoms with Crippen molar-refractivity contribution in [1.82, 2.24) is 15.2 Å². The summed E-state index contributed by atoms with van der Waals surface area (Å²) >= 11 is 0.936. The molecule has 2 rings (SSSR count). The van der Waals surface area contributed by atoms with Crippen LogP contribution in [0, 0.1) is 6.92 Å². The maximum absolute atomic E-state index is 11.5. The zero-order valence-corrected chi connectivity index (χ0v) is 14.4. The maximum atomic E-state index is 11.5. The van der Waals surface area contributed by atoms with Crippen LogP contribution < -0.4 is 14.2 Å². The fraction of sp³-hybridized carbons (Fsp3) is 0.267. The average Bonchev–Trinajstić information content (AvgIpc) is 2.98. The second-order valence-corrected chi connectivity index (χ2v) is 5.58. The Kier molecular flexibility index (Phi) is 5.69. The number of nitrogens with zero attached hydrogens (tertiary/aromatic N) is 2. The number of ether oxygens (including phenoxy) is 3. The number of methoxy groups -OCH3 is 3. The van der Waals surface area contributed by atoms with Crippen molar-refractivity contribution in [3.05, 3.63) is 28.4 Å². The zero-order chi connectivity index (χ0) is 17.7. The molecule has 8 nitrogen and oxygen atoms in total. The van der Waals surface area contributed by atoms with Gasteiger partial charge in [0.15, 0.2) is 11.5 Å². The van der Waals surface area contributed by atoms with E-state index in [-0.39, 0.29) is 4.91 Å². The van der Waals surface area contributed by atoms with Gasteiger partial charge in [-0.25, -0.2) is 9.78 Å². The highest BCUT2D eigenvalue weighted by atomic mass is 32.2. The van der Waals surface area contributed by atoms with Crippen LogP contribution in [0.1, 0.15) is 11.4 Å². The fourth-order valence-electron chi connectivity index (χ4n) is 1.91. The second-order valence-electron chi connectivity index (χ2n) is 4.57. The molecule has 0 bridgehead atoms. The fourth-order valence-corrected chi connectivity index (χ4v) is 2.65. The van der Waals surface area contributed by atoms with Crippen LogP contribution in [-0.4, -0.2) is 47.6 Å². The molecule has 1 aromatic heterocycles. The highest BCUT2D eigenvalue weighted by Gasteiger charge is 2.16. The second kappa shape index (κ2) is 7.73. The third-order valence-electron chi connectivity index (χ3n) is 3.01. The number of thioether (sulfide) groups is 1. The van der Waals surface area contributed by atoms with Gasteiger partial charge in [-0.15, -0.1) is 5.10 Å². The van der Waals surface area contributed by atoms with E-state index in [1.807, 2.05) is 0 Å². The first kappa shape index (κ1) is 17.7. The standard InChI is InChI=1S/C15H17N3O5S/c1-8-16-15(18-17-8)24-13(14(19)20)6-9-5-11(22-3)12(23-4)7-10(9)21-2/h5-7H,1-4H3,(H,19,20)(H,16,17,18)/b13-6-. The Morgan fingerprint density at radius 2 is 1.79 bits per heavy atom. The van der Waals surface area contributed by atoms with Crippen LogP contribution in [-0.2, 0) is 4.79 Å². The number of aromatic amines is 1. The van der Waals surface area contributed by atoms with Crippen LogP contribution in [0.4, 0.5) is 0 Å². The average molecular weight is 351 g/mol. The van der Waals surface area contributed by atoms with Gasteiger partial charge in [0.05, 0.1) is 21.3 Å². The Balaban J connectivity index is 2.46. The number of hydrogen-bond acceptors (Lipinski definition) is 7. The lowest BCUT2D eigenvalue weighted by molar-refractivity contribution is -0.131. The first-order valence-electron chi connectivity index (χ1n) is 6.80. The summed E-state index contributed by atoms with van der Waals surface area (Å²) in [5, 5.41) is 16.4. The molecule has 0 aliphatic heterocycles. The Morgan fingerprint density at radius 1 is 1.17 bits per heavy atom. The normalized spacial score (nSPS) is 11.2. The number of aliphatic carboxylic acids is 1. The monoisotopic (exact) mass is 351 g/mol. The Labute approximate surface area is 142 Å². The minimum Gasteiger partial charge on any atom is -0.496 e. The third-order valence-corrected chi connectivity index (χ3v) is 3.89. The van der Waals surface area contributed by atoms with Crippen LogP contribution in [0.5, 0.6) is 17.2 Å². The molecule has 2 N–H and O–H groups in total. The highest BCUT2D eigenvalue weighted by Crippen LogP contribution is 2.37. The molecule has 0 radical (unpaired) electrons. The van der Waals surface area contributed by atoms with Gasteiger partial charge in [-0.2, -0.15) is 0 Å². The number of carbonyl (C=O) groups is 1. The summed E-state index contributed by atoms with van der Waals surface area (Å²) in [6, 6.07) is 3.27. The van der Waals surface area contributed by atoms with Gasteiger partial charge < -0.3 is 19.3 Å². The molecule has 24 heavy (non-hydrogen) atoms. The molecule has 0 spiro atoms. The molecule has 1 heterocycles. The molecule has 1 aromatic carbocycles. The topological polar surface area (TPSA) is 107 Å². The summed E-state index contributed by atoms with van der Waals surface area (Å²) in [4.78, 5) is 15.7. The van der Waals surface area contributed by atoms with Crippen molar-refractivity contribution in [2.75, 3.05) is 21.3 Å². The number of aryl methyl sites for hydroxylation is 1. The lowest BCUT2D eigenvalue weighted by atomic mass is 10.1. The minimum atomic E-state index is -1.10. The van der Waals surface area contributed by atoms with E-state index in [1.54, 1.807) is 19.1 Å². The van der Waals surface area contributed by atoms with E-state index in [0.717, 1.165) is 11.8 Å². The van der Waals surface area contributed by atoms with E-state index < -0.39 is 5.97 Å². The Hall–Kier alpha value is -2.68. The molecule has 0 saturated heterocycles. The van der Waals surface area contributed by atoms with Crippen LogP contribution in [0.15, 0.2) is 22.2 Å². The van der Waals surface area contributed by atoms with Crippen molar-refractivity contribution in [2.24, 2.45) is 0 Å². The predicted molar refractivity (Wildman–Crippen MR) is 88.7 cm³/mol. The van der Waals surface area contributed by atoms with Crippen molar-refractivity contribution in [3.63, 3.8) is 0 Å². The Bertz CT molecular complexity index is 772. The van der Waals surface area contributed by atoms with Crippen molar-refractivity contribution < 1.29 is 24.1 Å². The van der Waals surface area contributed by atoms with E-state index in [4.69, 9.17) is 14.2 Å². The van der Waals surface area contributed by atoms with E-state index in [2.05, 4.69) is 15.2 Å². The lowest BCUT2D eigenvalue weighted by Gasteiger charge is -2.12. The van der Waals surface area contributed by atoms with Crippen molar-refractivity contribution in [3.8, 4) is 17.2 Å². The van der Waals surface area contributed by atoms with Gasteiger partial charge in [0.2, 0.25) is 5.16 Å². The van der Waals surface area contributed by atoms with Crippen LogP contribution in [0.3, 0.4) is 0 Å². The predicted octanol–water partition coefficient (Wildman–Crippen LogP) is 2.36. The maximum Gasteiger partial charge on any atom is 0.342 e. The number of nitrogens with one attached hydrogen (secondary N) is 1. The molecule has 9 heteroatoms. The zero-order valence-electron chi connectivity index (χ0n) is 13.6. The third kappa shape index (κ3) is 3.99. The molecule has 0 aliphatic carbocycles.